The summed E-state index contributed by atoms with van der Waals surface area (Å²) in [6.07, 6.45) is 2.30. The molecule has 7 heteroatoms. The van der Waals surface area contributed by atoms with E-state index in [1.54, 1.807) is 25.4 Å². The van der Waals surface area contributed by atoms with E-state index in [0.717, 1.165) is 22.2 Å². The summed E-state index contributed by atoms with van der Waals surface area (Å²) in [6.45, 7) is 4.39. The third-order valence-corrected chi connectivity index (χ3v) is 6.90. The molecule has 1 aliphatic heterocycles. The minimum atomic E-state index is -3.23. The molecule has 1 aromatic heterocycles. The third kappa shape index (κ3) is 2.74. The number of sulfonamides is 1. The summed E-state index contributed by atoms with van der Waals surface area (Å²) < 4.78 is 32.9. The number of nitrogens with zero attached hydrogens (tertiary/aromatic N) is 3. The van der Waals surface area contributed by atoms with Crippen molar-refractivity contribution in [3.05, 3.63) is 54.6 Å². The van der Waals surface area contributed by atoms with Gasteiger partial charge >= 0.3 is 0 Å². The summed E-state index contributed by atoms with van der Waals surface area (Å²) in [5.41, 5.74) is 3.54. The van der Waals surface area contributed by atoms with Crippen LogP contribution in [0.15, 0.2) is 49.0 Å². The number of fused-ring (bicyclic) bond motifs is 1. The fourth-order valence-electron chi connectivity index (χ4n) is 3.72. The zero-order chi connectivity index (χ0) is 19.9. The van der Waals surface area contributed by atoms with E-state index in [1.807, 2.05) is 34.9 Å². The van der Waals surface area contributed by atoms with E-state index < -0.39 is 10.0 Å². The smallest absolute Gasteiger partial charge is 0.235 e. The van der Waals surface area contributed by atoms with Crippen LogP contribution in [0.1, 0.15) is 12.0 Å². The molecule has 1 aliphatic rings. The minimum absolute atomic E-state index is 0.180. The lowest BCUT2D eigenvalue weighted by atomic mass is 10.1. The summed E-state index contributed by atoms with van der Waals surface area (Å²) in [7, 11) is -1.63. The van der Waals surface area contributed by atoms with E-state index in [4.69, 9.17) is 4.74 Å². The second-order valence-corrected chi connectivity index (χ2v) is 8.57. The highest BCUT2D eigenvalue weighted by atomic mass is 32.2. The molecule has 2 aromatic carbocycles. The maximum atomic E-state index is 12.1. The van der Waals surface area contributed by atoms with E-state index in [9.17, 15) is 13.7 Å². The van der Waals surface area contributed by atoms with E-state index in [2.05, 4.69) is 12.6 Å². The van der Waals surface area contributed by atoms with Gasteiger partial charge in [-0.05, 0) is 30.7 Å². The van der Waals surface area contributed by atoms with Gasteiger partial charge in [0.25, 0.3) is 0 Å². The molecule has 0 saturated carbocycles. The zero-order valence-corrected chi connectivity index (χ0v) is 16.2. The molecular formula is C21H19N3O3S. The first-order chi connectivity index (χ1) is 13.5. The Morgan fingerprint density at radius 3 is 2.54 bits per heavy atom. The largest absolute Gasteiger partial charge is 0.497 e. The van der Waals surface area contributed by atoms with Gasteiger partial charge in [0.1, 0.15) is 11.8 Å². The molecule has 2 heterocycles. The Kier molecular flexibility index (Phi) is 4.36. The van der Waals surface area contributed by atoms with Gasteiger partial charge in [0.2, 0.25) is 10.0 Å². The van der Waals surface area contributed by atoms with Crippen molar-refractivity contribution in [1.82, 2.24) is 4.57 Å². The number of rotatable bonds is 4. The van der Waals surface area contributed by atoms with Gasteiger partial charge in [-0.25, -0.2) is 8.42 Å². The van der Waals surface area contributed by atoms with Crippen molar-refractivity contribution in [3.8, 4) is 23.1 Å². The number of hydrogen-bond donors (Lipinski definition) is 0. The van der Waals surface area contributed by atoms with Gasteiger partial charge in [-0.1, -0.05) is 18.7 Å². The average Bonchev–Trinajstić information content (AvgIpc) is 3.23. The Hall–Kier alpha value is -3.24. The summed E-state index contributed by atoms with van der Waals surface area (Å²) in [5, 5.41) is 10.6. The number of hydrogen-bond acceptors (Lipinski definition) is 4. The predicted octanol–water partition coefficient (Wildman–Crippen LogP) is 3.83. The Balaban J connectivity index is 1.87. The van der Waals surface area contributed by atoms with Gasteiger partial charge in [0.15, 0.2) is 0 Å². The maximum absolute atomic E-state index is 12.1. The summed E-state index contributed by atoms with van der Waals surface area (Å²) in [4.78, 5) is 0. The van der Waals surface area contributed by atoms with Crippen LogP contribution in [0.4, 0.5) is 5.69 Å². The minimum Gasteiger partial charge on any atom is -0.497 e. The molecule has 1 fully saturated rings. The first-order valence-corrected chi connectivity index (χ1v) is 10.5. The second kappa shape index (κ2) is 6.73. The molecule has 0 atom stereocenters. The molecule has 4 rings (SSSR count). The quantitative estimate of drug-likeness (QED) is 0.675. The van der Waals surface area contributed by atoms with Crippen molar-refractivity contribution < 1.29 is 13.2 Å². The van der Waals surface area contributed by atoms with E-state index >= 15 is 0 Å². The Labute approximate surface area is 163 Å². The van der Waals surface area contributed by atoms with Crippen LogP contribution in [-0.4, -0.2) is 32.4 Å². The predicted molar refractivity (Wildman–Crippen MR) is 111 cm³/mol. The summed E-state index contributed by atoms with van der Waals surface area (Å²) in [5.74, 6) is 0.874. The molecule has 6 nitrogen and oxygen atoms in total. The Bertz CT molecular complexity index is 1220. The number of nitriles is 1. The van der Waals surface area contributed by atoms with Crippen LogP contribution < -0.4 is 9.04 Å². The first-order valence-electron chi connectivity index (χ1n) is 8.85. The lowest BCUT2D eigenvalue weighted by molar-refractivity contribution is 0.415. The van der Waals surface area contributed by atoms with Crippen molar-refractivity contribution in [2.24, 2.45) is 0 Å². The fourth-order valence-corrected chi connectivity index (χ4v) is 5.28. The van der Waals surface area contributed by atoms with Crippen LogP contribution in [-0.2, 0) is 10.0 Å². The summed E-state index contributed by atoms with van der Waals surface area (Å²) in [6, 6.07) is 15.1. The molecule has 0 aliphatic carbocycles. The zero-order valence-electron chi connectivity index (χ0n) is 15.4. The van der Waals surface area contributed by atoms with E-state index in [1.165, 1.54) is 4.31 Å². The van der Waals surface area contributed by atoms with Gasteiger partial charge in [-0.2, -0.15) is 5.26 Å². The Morgan fingerprint density at radius 2 is 1.96 bits per heavy atom. The molecule has 1 saturated heterocycles. The lowest BCUT2D eigenvalue weighted by Gasteiger charge is -2.17. The third-order valence-electron chi connectivity index (χ3n) is 5.03. The lowest BCUT2D eigenvalue weighted by Crippen LogP contribution is -2.24. The maximum Gasteiger partial charge on any atom is 0.235 e. The van der Waals surface area contributed by atoms with Crippen LogP contribution in [0.3, 0.4) is 0 Å². The number of methoxy groups -OCH3 is 1. The molecule has 0 radical (unpaired) electrons. The van der Waals surface area contributed by atoms with Gasteiger partial charge in [0.05, 0.1) is 35.3 Å². The van der Waals surface area contributed by atoms with Crippen molar-refractivity contribution in [3.63, 3.8) is 0 Å². The standard InChI is InChI=1S/C21H19N3O3S/c1-3-23-20-13-17(27-2)9-10-18(20)19(14-22)21(23)15-5-7-16(8-6-15)24-11-4-12-28(24,25)26/h3,5-10,13H,1,4,11-12H2,2H3. The van der Waals surface area contributed by atoms with E-state index in [-0.39, 0.29) is 5.75 Å². The highest BCUT2D eigenvalue weighted by molar-refractivity contribution is 7.93. The number of aromatic nitrogens is 1. The van der Waals surface area contributed by atoms with Crippen LogP contribution in [0.2, 0.25) is 0 Å². The molecule has 28 heavy (non-hydrogen) atoms. The SMILES string of the molecule is C=Cn1c(-c2ccc(N3CCCS3(=O)=O)cc2)c(C#N)c2ccc(OC)cc21. The van der Waals surface area contributed by atoms with Gasteiger partial charge in [-0.15, -0.1) is 0 Å². The molecular weight excluding hydrogens is 374 g/mol. The van der Waals surface area contributed by atoms with Crippen LogP contribution >= 0.6 is 0 Å². The molecule has 0 unspecified atom stereocenters. The first kappa shape index (κ1) is 18.1. The van der Waals surface area contributed by atoms with Crippen molar-refractivity contribution in [2.45, 2.75) is 6.42 Å². The highest BCUT2D eigenvalue weighted by Crippen LogP contribution is 2.36. The fraction of sp³-hybridized carbons (Fsp3) is 0.190. The average molecular weight is 393 g/mol. The van der Waals surface area contributed by atoms with Crippen molar-refractivity contribution in [1.29, 1.82) is 5.26 Å². The molecule has 0 amide bonds. The monoisotopic (exact) mass is 393 g/mol. The Morgan fingerprint density at radius 1 is 1.21 bits per heavy atom. The van der Waals surface area contributed by atoms with Gasteiger partial charge < -0.3 is 9.30 Å². The molecule has 0 bridgehead atoms. The number of anilines is 1. The van der Waals surface area contributed by atoms with Crippen LogP contribution in [0.25, 0.3) is 28.4 Å². The van der Waals surface area contributed by atoms with Crippen molar-refractivity contribution in [2.75, 3.05) is 23.7 Å². The number of benzene rings is 2. The van der Waals surface area contributed by atoms with Crippen LogP contribution in [0, 0.1) is 11.3 Å². The molecule has 3 aromatic rings. The van der Waals surface area contributed by atoms with Crippen LogP contribution in [0.5, 0.6) is 5.75 Å². The van der Waals surface area contributed by atoms with E-state index in [0.29, 0.717) is 30.0 Å². The molecule has 0 spiro atoms. The topological polar surface area (TPSA) is 75.3 Å². The van der Waals surface area contributed by atoms with Crippen molar-refractivity contribution >= 4 is 32.8 Å². The summed E-state index contributed by atoms with van der Waals surface area (Å²) >= 11 is 0. The van der Waals surface area contributed by atoms with Gasteiger partial charge in [0, 0.05) is 29.8 Å². The van der Waals surface area contributed by atoms with Gasteiger partial charge in [-0.3, -0.25) is 4.31 Å². The molecule has 142 valence electrons. The highest BCUT2D eigenvalue weighted by Gasteiger charge is 2.28. The molecule has 0 N–H and O–H groups in total. The second-order valence-electron chi connectivity index (χ2n) is 6.56. The normalized spacial score (nSPS) is 15.5. The number of ether oxygens (including phenoxy) is 1.